The quantitative estimate of drug-likeness (QED) is 0.274. The van der Waals surface area contributed by atoms with Crippen molar-refractivity contribution in [3.63, 3.8) is 0 Å². The Morgan fingerprint density at radius 2 is 2.18 bits per heavy atom. The van der Waals surface area contributed by atoms with Crippen LogP contribution in [-0.2, 0) is 4.79 Å². The second-order valence-corrected chi connectivity index (χ2v) is 3.13. The van der Waals surface area contributed by atoms with E-state index in [1.54, 1.807) is 18.2 Å². The lowest BCUT2D eigenvalue weighted by atomic mass is 10.2. The first-order chi connectivity index (χ1) is 8.22. The Labute approximate surface area is 97.6 Å². The van der Waals surface area contributed by atoms with E-state index >= 15 is 0 Å². The second kappa shape index (κ2) is 7.03. The van der Waals surface area contributed by atoms with E-state index in [0.29, 0.717) is 0 Å². The molecule has 88 valence electrons. The smallest absolute Gasteiger partial charge is 0.243 e. The maximum absolute atomic E-state index is 12.6. The molecule has 0 heterocycles. The highest BCUT2D eigenvalue weighted by atomic mass is 19.1. The maximum Gasteiger partial charge on any atom is 0.243 e. The Morgan fingerprint density at radius 1 is 1.47 bits per heavy atom. The number of benzene rings is 1. The molecular weight excluding hydrogens is 223 g/mol. The number of carbonyl (C=O) groups excluding carboxylic acids is 1. The lowest BCUT2D eigenvalue weighted by molar-refractivity contribution is -0.116. The first kappa shape index (κ1) is 12.7. The van der Waals surface area contributed by atoms with Gasteiger partial charge >= 0.3 is 0 Å². The van der Waals surface area contributed by atoms with Crippen molar-refractivity contribution in [2.75, 3.05) is 13.1 Å². The monoisotopic (exact) mass is 234 g/mol. The zero-order valence-corrected chi connectivity index (χ0v) is 9.01. The first-order valence-corrected chi connectivity index (χ1v) is 4.94. The van der Waals surface area contributed by atoms with Gasteiger partial charge in [0, 0.05) is 24.1 Å². The molecule has 1 amide bonds. The minimum atomic E-state index is -0.319. The van der Waals surface area contributed by atoms with Crippen LogP contribution < -0.4 is 5.32 Å². The topological polar surface area (TPSA) is 77.9 Å². The molecule has 0 fully saturated rings. The normalized spacial score (nSPS) is 9.94. The fourth-order valence-corrected chi connectivity index (χ4v) is 1.08. The standard InChI is InChI=1S/C11H11FN4O/c12-10-4-1-9(2-5-10)3-6-11(17)14-7-8-15-16-13/h1-6H,7-8H2,(H,14,17). The average Bonchev–Trinajstić information content (AvgIpc) is 2.34. The minimum absolute atomic E-state index is 0.215. The van der Waals surface area contributed by atoms with Crippen molar-refractivity contribution in [3.05, 3.63) is 52.2 Å². The molecule has 0 spiro atoms. The van der Waals surface area contributed by atoms with Crippen molar-refractivity contribution >= 4 is 12.0 Å². The minimum Gasteiger partial charge on any atom is -0.352 e. The number of halogens is 1. The molecule has 0 aliphatic rings. The average molecular weight is 234 g/mol. The second-order valence-electron chi connectivity index (χ2n) is 3.13. The summed E-state index contributed by atoms with van der Waals surface area (Å²) in [5.41, 5.74) is 8.74. The number of rotatable bonds is 5. The van der Waals surface area contributed by atoms with Gasteiger partial charge in [0.05, 0.1) is 0 Å². The molecular formula is C11H11FN4O. The summed E-state index contributed by atoms with van der Waals surface area (Å²) in [6, 6.07) is 5.77. The summed E-state index contributed by atoms with van der Waals surface area (Å²) in [6.45, 7) is 0.503. The highest BCUT2D eigenvalue weighted by Crippen LogP contribution is 2.04. The molecule has 6 heteroatoms. The summed E-state index contributed by atoms with van der Waals surface area (Å²) in [4.78, 5) is 13.8. The Hall–Kier alpha value is -2.33. The predicted octanol–water partition coefficient (Wildman–Crippen LogP) is 2.27. The zero-order valence-electron chi connectivity index (χ0n) is 9.01. The van der Waals surface area contributed by atoms with E-state index in [0.717, 1.165) is 5.56 Å². The lowest BCUT2D eigenvalue weighted by Gasteiger charge is -1.97. The Morgan fingerprint density at radius 3 is 2.82 bits per heavy atom. The van der Waals surface area contributed by atoms with E-state index in [2.05, 4.69) is 15.3 Å². The van der Waals surface area contributed by atoms with Crippen LogP contribution in [0.2, 0.25) is 0 Å². The highest BCUT2D eigenvalue weighted by Gasteiger charge is 1.94. The molecule has 0 aliphatic carbocycles. The molecule has 1 rings (SSSR count). The molecule has 1 aromatic carbocycles. The van der Waals surface area contributed by atoms with Gasteiger partial charge in [0.1, 0.15) is 5.82 Å². The van der Waals surface area contributed by atoms with Gasteiger partial charge in [0.2, 0.25) is 5.91 Å². The first-order valence-electron chi connectivity index (χ1n) is 4.94. The van der Waals surface area contributed by atoms with Crippen LogP contribution >= 0.6 is 0 Å². The summed E-state index contributed by atoms with van der Waals surface area (Å²) in [5.74, 6) is -0.608. The van der Waals surface area contributed by atoms with Gasteiger partial charge in [-0.2, -0.15) is 0 Å². The third kappa shape index (κ3) is 5.34. The van der Waals surface area contributed by atoms with Crippen LogP contribution in [-0.4, -0.2) is 19.0 Å². The van der Waals surface area contributed by atoms with Crippen LogP contribution in [0.1, 0.15) is 5.56 Å². The van der Waals surface area contributed by atoms with Crippen molar-refractivity contribution < 1.29 is 9.18 Å². The van der Waals surface area contributed by atoms with E-state index in [9.17, 15) is 9.18 Å². The van der Waals surface area contributed by atoms with Crippen LogP contribution in [0, 0.1) is 5.82 Å². The van der Waals surface area contributed by atoms with Gasteiger partial charge in [-0.1, -0.05) is 17.2 Å². The molecule has 0 radical (unpaired) electrons. The fourth-order valence-electron chi connectivity index (χ4n) is 1.08. The third-order valence-electron chi connectivity index (χ3n) is 1.87. The van der Waals surface area contributed by atoms with E-state index in [4.69, 9.17) is 5.53 Å². The Bertz CT molecular complexity index is 449. The van der Waals surface area contributed by atoms with Crippen molar-refractivity contribution in [2.45, 2.75) is 0 Å². The van der Waals surface area contributed by atoms with Gasteiger partial charge in [-0.25, -0.2) is 4.39 Å². The lowest BCUT2D eigenvalue weighted by Crippen LogP contribution is -2.23. The van der Waals surface area contributed by atoms with Crippen LogP contribution in [0.15, 0.2) is 35.5 Å². The third-order valence-corrected chi connectivity index (χ3v) is 1.87. The van der Waals surface area contributed by atoms with Crippen molar-refractivity contribution in [1.82, 2.24) is 5.32 Å². The highest BCUT2D eigenvalue weighted by molar-refractivity contribution is 5.91. The Kier molecular flexibility index (Phi) is 5.27. The SMILES string of the molecule is [N-]=[N+]=NCCNC(=O)C=Cc1ccc(F)cc1. The van der Waals surface area contributed by atoms with Crippen LogP contribution in [0.5, 0.6) is 0 Å². The van der Waals surface area contributed by atoms with Crippen molar-refractivity contribution in [3.8, 4) is 0 Å². The predicted molar refractivity (Wildman–Crippen MR) is 62.5 cm³/mol. The number of hydrogen-bond acceptors (Lipinski definition) is 2. The van der Waals surface area contributed by atoms with E-state index < -0.39 is 0 Å². The van der Waals surface area contributed by atoms with Crippen molar-refractivity contribution in [1.29, 1.82) is 0 Å². The molecule has 0 saturated heterocycles. The van der Waals surface area contributed by atoms with Crippen molar-refractivity contribution in [2.24, 2.45) is 5.11 Å². The van der Waals surface area contributed by atoms with E-state index in [1.807, 2.05) is 0 Å². The molecule has 17 heavy (non-hydrogen) atoms. The number of nitrogens with zero attached hydrogens (tertiary/aromatic N) is 3. The Balaban J connectivity index is 2.39. The molecule has 0 unspecified atom stereocenters. The number of nitrogens with one attached hydrogen (secondary N) is 1. The number of amides is 1. The molecule has 1 N–H and O–H groups in total. The summed E-state index contributed by atoms with van der Waals surface area (Å²) in [7, 11) is 0. The molecule has 0 saturated carbocycles. The largest absolute Gasteiger partial charge is 0.352 e. The zero-order chi connectivity index (χ0) is 12.5. The van der Waals surface area contributed by atoms with Gasteiger partial charge in [0.25, 0.3) is 0 Å². The molecule has 5 nitrogen and oxygen atoms in total. The van der Waals surface area contributed by atoms with E-state index in [-0.39, 0.29) is 24.8 Å². The number of carbonyl (C=O) groups is 1. The fraction of sp³-hybridized carbons (Fsp3) is 0.182. The van der Waals surface area contributed by atoms with Crippen LogP contribution in [0.3, 0.4) is 0 Å². The van der Waals surface area contributed by atoms with Crippen LogP contribution in [0.4, 0.5) is 4.39 Å². The number of azide groups is 1. The summed E-state index contributed by atoms with van der Waals surface area (Å²) in [6.07, 6.45) is 2.91. The molecule has 0 bridgehead atoms. The van der Waals surface area contributed by atoms with Crippen LogP contribution in [0.25, 0.3) is 16.5 Å². The maximum atomic E-state index is 12.6. The van der Waals surface area contributed by atoms with Gasteiger partial charge < -0.3 is 5.32 Å². The van der Waals surface area contributed by atoms with E-state index in [1.165, 1.54) is 18.2 Å². The molecule has 1 aromatic rings. The van der Waals surface area contributed by atoms with Gasteiger partial charge in [-0.3, -0.25) is 4.79 Å². The summed E-state index contributed by atoms with van der Waals surface area (Å²) >= 11 is 0. The van der Waals surface area contributed by atoms with Gasteiger partial charge in [-0.15, -0.1) is 0 Å². The summed E-state index contributed by atoms with van der Waals surface area (Å²) in [5, 5.41) is 5.81. The summed E-state index contributed by atoms with van der Waals surface area (Å²) < 4.78 is 12.6. The number of hydrogen-bond donors (Lipinski definition) is 1. The van der Waals surface area contributed by atoms with Gasteiger partial charge in [0.15, 0.2) is 0 Å². The molecule has 0 aliphatic heterocycles. The molecule has 0 atom stereocenters. The van der Waals surface area contributed by atoms with Gasteiger partial charge in [-0.05, 0) is 29.3 Å². The molecule has 0 aromatic heterocycles.